The Morgan fingerprint density at radius 2 is 1.75 bits per heavy atom. The highest BCUT2D eigenvalue weighted by Gasteiger charge is 2.08. The predicted octanol–water partition coefficient (Wildman–Crippen LogP) is 4.60. The van der Waals surface area contributed by atoms with Crippen molar-refractivity contribution in [3.8, 4) is 11.3 Å². The summed E-state index contributed by atoms with van der Waals surface area (Å²) in [6.45, 7) is 5.03. The molecule has 0 radical (unpaired) electrons. The van der Waals surface area contributed by atoms with Gasteiger partial charge in [-0.15, -0.1) is 0 Å². The van der Waals surface area contributed by atoms with Gasteiger partial charge in [0.25, 0.3) is 0 Å². The van der Waals surface area contributed by atoms with E-state index in [0.29, 0.717) is 6.04 Å². The lowest BCUT2D eigenvalue weighted by atomic mass is 10.0. The van der Waals surface area contributed by atoms with Crippen molar-refractivity contribution in [2.75, 3.05) is 0 Å². The molecule has 0 bridgehead atoms. The van der Waals surface area contributed by atoms with Crippen molar-refractivity contribution in [2.24, 2.45) is 0 Å². The summed E-state index contributed by atoms with van der Waals surface area (Å²) >= 11 is 0. The second-order valence-corrected chi connectivity index (χ2v) is 5.33. The fraction of sp³-hybridized carbons (Fsp3) is 0.222. The molecule has 0 fully saturated rings. The Hall–Kier alpha value is -2.06. The molecule has 20 heavy (non-hydrogen) atoms. The van der Waals surface area contributed by atoms with Crippen molar-refractivity contribution < 1.29 is 4.42 Å². The maximum absolute atomic E-state index is 5.97. The molecule has 1 aromatic heterocycles. The Balaban J connectivity index is 1.95. The summed E-state index contributed by atoms with van der Waals surface area (Å²) in [4.78, 5) is 0. The van der Waals surface area contributed by atoms with Crippen LogP contribution >= 0.6 is 0 Å². The quantitative estimate of drug-likeness (QED) is 0.746. The monoisotopic (exact) mass is 265 g/mol. The topological polar surface area (TPSA) is 25.2 Å². The summed E-state index contributed by atoms with van der Waals surface area (Å²) in [7, 11) is 0. The maximum Gasteiger partial charge on any atom is 0.134 e. The second-order valence-electron chi connectivity index (χ2n) is 5.33. The lowest BCUT2D eigenvalue weighted by Gasteiger charge is -2.06. The molecule has 2 aromatic carbocycles. The zero-order valence-corrected chi connectivity index (χ0v) is 11.9. The van der Waals surface area contributed by atoms with E-state index in [2.05, 4.69) is 67.7 Å². The zero-order chi connectivity index (χ0) is 13.9. The zero-order valence-electron chi connectivity index (χ0n) is 11.9. The molecule has 1 heterocycles. The molecule has 0 atom stereocenters. The van der Waals surface area contributed by atoms with E-state index in [1.54, 1.807) is 0 Å². The van der Waals surface area contributed by atoms with Crippen molar-refractivity contribution in [2.45, 2.75) is 26.4 Å². The first kappa shape index (κ1) is 12.9. The lowest BCUT2D eigenvalue weighted by Crippen LogP contribution is -2.21. The summed E-state index contributed by atoms with van der Waals surface area (Å²) in [6, 6.07) is 19.3. The van der Waals surface area contributed by atoms with Crippen LogP contribution in [0.4, 0.5) is 0 Å². The minimum atomic E-state index is 0.459. The van der Waals surface area contributed by atoms with E-state index in [4.69, 9.17) is 4.42 Å². The fourth-order valence-electron chi connectivity index (χ4n) is 2.36. The van der Waals surface area contributed by atoms with Gasteiger partial charge in [0.05, 0.1) is 6.54 Å². The maximum atomic E-state index is 5.97. The molecule has 2 nitrogen and oxygen atoms in total. The average molecular weight is 265 g/mol. The molecule has 0 aliphatic carbocycles. The van der Waals surface area contributed by atoms with E-state index < -0.39 is 0 Å². The predicted molar refractivity (Wildman–Crippen MR) is 83.6 cm³/mol. The van der Waals surface area contributed by atoms with Crippen molar-refractivity contribution >= 4 is 10.8 Å². The van der Waals surface area contributed by atoms with Crippen LogP contribution in [-0.4, -0.2) is 6.04 Å². The van der Waals surface area contributed by atoms with Gasteiger partial charge in [-0.3, -0.25) is 0 Å². The van der Waals surface area contributed by atoms with E-state index in [9.17, 15) is 0 Å². The van der Waals surface area contributed by atoms with Crippen molar-refractivity contribution in [1.29, 1.82) is 0 Å². The molecule has 0 amide bonds. The second kappa shape index (κ2) is 5.51. The van der Waals surface area contributed by atoms with E-state index in [0.717, 1.165) is 23.6 Å². The normalized spacial score (nSPS) is 11.3. The average Bonchev–Trinajstić information content (AvgIpc) is 2.93. The lowest BCUT2D eigenvalue weighted by molar-refractivity contribution is 0.473. The molecule has 1 N–H and O–H groups in total. The summed E-state index contributed by atoms with van der Waals surface area (Å²) in [6.07, 6.45) is 0. The standard InChI is InChI=1S/C18H19NO/c1-13(2)19-12-15-10-11-18(20-15)17-9-5-7-14-6-3-4-8-16(14)17/h3-11,13,19H,12H2,1-2H3. The molecular formula is C18H19NO. The van der Waals surface area contributed by atoms with E-state index in [1.165, 1.54) is 10.8 Å². The van der Waals surface area contributed by atoms with Crippen LogP contribution in [0.1, 0.15) is 19.6 Å². The summed E-state index contributed by atoms with van der Waals surface area (Å²) < 4.78 is 5.97. The van der Waals surface area contributed by atoms with E-state index >= 15 is 0 Å². The third kappa shape index (κ3) is 2.61. The molecule has 0 saturated heterocycles. The molecule has 3 aromatic rings. The van der Waals surface area contributed by atoms with E-state index in [-0.39, 0.29) is 0 Å². The number of rotatable bonds is 4. The highest BCUT2D eigenvalue weighted by atomic mass is 16.3. The Bertz CT molecular complexity index is 707. The molecular weight excluding hydrogens is 246 g/mol. The molecule has 2 heteroatoms. The molecule has 0 unspecified atom stereocenters. The minimum absolute atomic E-state index is 0.459. The van der Waals surface area contributed by atoms with Gasteiger partial charge in [0.2, 0.25) is 0 Å². The van der Waals surface area contributed by atoms with Gasteiger partial charge >= 0.3 is 0 Å². The summed E-state index contributed by atoms with van der Waals surface area (Å²) in [5.74, 6) is 1.91. The van der Waals surface area contributed by atoms with Crippen LogP contribution in [0.5, 0.6) is 0 Å². The third-order valence-electron chi connectivity index (χ3n) is 3.40. The van der Waals surface area contributed by atoms with Crippen LogP contribution in [0.3, 0.4) is 0 Å². The number of benzene rings is 2. The van der Waals surface area contributed by atoms with Crippen LogP contribution in [0.2, 0.25) is 0 Å². The van der Waals surface area contributed by atoms with Crippen molar-refractivity contribution in [1.82, 2.24) is 5.32 Å². The molecule has 3 rings (SSSR count). The van der Waals surface area contributed by atoms with Crippen LogP contribution in [0, 0.1) is 0 Å². The van der Waals surface area contributed by atoms with Crippen molar-refractivity contribution in [3.63, 3.8) is 0 Å². The largest absolute Gasteiger partial charge is 0.460 e. The van der Waals surface area contributed by atoms with E-state index in [1.807, 2.05) is 6.07 Å². The van der Waals surface area contributed by atoms with Gasteiger partial charge in [0.1, 0.15) is 11.5 Å². The van der Waals surface area contributed by atoms with Gasteiger partial charge in [0, 0.05) is 11.6 Å². The van der Waals surface area contributed by atoms with Gasteiger partial charge in [-0.05, 0) is 22.9 Å². The molecule has 102 valence electrons. The Kier molecular flexibility index (Phi) is 3.57. The Morgan fingerprint density at radius 1 is 0.950 bits per heavy atom. The fourth-order valence-corrected chi connectivity index (χ4v) is 2.36. The minimum Gasteiger partial charge on any atom is -0.460 e. The summed E-state index contributed by atoms with van der Waals surface area (Å²) in [5, 5.41) is 5.84. The SMILES string of the molecule is CC(C)NCc1ccc(-c2cccc3ccccc23)o1. The number of hydrogen-bond acceptors (Lipinski definition) is 2. The molecule has 0 aliphatic rings. The summed E-state index contributed by atoms with van der Waals surface area (Å²) in [5.41, 5.74) is 1.15. The first-order valence-corrected chi connectivity index (χ1v) is 7.04. The van der Waals surface area contributed by atoms with Gasteiger partial charge in [-0.1, -0.05) is 56.3 Å². The van der Waals surface area contributed by atoms with Crippen LogP contribution in [0.25, 0.3) is 22.1 Å². The highest BCUT2D eigenvalue weighted by Crippen LogP contribution is 2.29. The highest BCUT2D eigenvalue weighted by molar-refractivity contribution is 5.95. The molecule has 0 saturated carbocycles. The Morgan fingerprint density at radius 3 is 2.60 bits per heavy atom. The number of nitrogens with one attached hydrogen (secondary N) is 1. The Labute approximate surface area is 119 Å². The molecule has 0 spiro atoms. The first-order chi connectivity index (χ1) is 9.74. The van der Waals surface area contributed by atoms with Crippen LogP contribution < -0.4 is 5.32 Å². The van der Waals surface area contributed by atoms with Crippen molar-refractivity contribution in [3.05, 3.63) is 60.4 Å². The third-order valence-corrected chi connectivity index (χ3v) is 3.40. The van der Waals surface area contributed by atoms with Gasteiger partial charge in [-0.25, -0.2) is 0 Å². The van der Waals surface area contributed by atoms with Gasteiger partial charge in [-0.2, -0.15) is 0 Å². The molecule has 0 aliphatic heterocycles. The number of fused-ring (bicyclic) bond motifs is 1. The number of hydrogen-bond donors (Lipinski definition) is 1. The number of furan rings is 1. The van der Waals surface area contributed by atoms with Crippen LogP contribution in [0.15, 0.2) is 59.0 Å². The smallest absolute Gasteiger partial charge is 0.134 e. The van der Waals surface area contributed by atoms with Gasteiger partial charge in [0.15, 0.2) is 0 Å². The van der Waals surface area contributed by atoms with Crippen LogP contribution in [-0.2, 0) is 6.54 Å². The first-order valence-electron chi connectivity index (χ1n) is 7.04. The van der Waals surface area contributed by atoms with Gasteiger partial charge < -0.3 is 9.73 Å².